The van der Waals surface area contributed by atoms with Crippen LogP contribution in [0.25, 0.3) is 0 Å². The zero-order valence-corrected chi connectivity index (χ0v) is 22.7. The number of likely N-dealkylation sites (tertiary alicyclic amines) is 1. The molecule has 2 unspecified atom stereocenters. The van der Waals surface area contributed by atoms with Crippen molar-refractivity contribution in [2.24, 2.45) is 5.92 Å². The normalized spacial score (nSPS) is 18.3. The number of ether oxygens (including phenoxy) is 3. The number of piperazine rings is 1. The number of nitro groups is 2. The van der Waals surface area contributed by atoms with Crippen LogP contribution in [0.1, 0.15) is 24.0 Å². The van der Waals surface area contributed by atoms with Crippen molar-refractivity contribution in [1.29, 1.82) is 0 Å². The molecule has 15 nitrogen and oxygen atoms in total. The molecule has 1 N–H and O–H groups in total. The van der Waals surface area contributed by atoms with Crippen molar-refractivity contribution in [1.82, 2.24) is 15.1 Å². The Morgan fingerprint density at radius 2 is 1.45 bits per heavy atom. The van der Waals surface area contributed by atoms with Gasteiger partial charge in [0.05, 0.1) is 22.4 Å². The average Bonchev–Trinajstić information content (AvgIpc) is 3.50. The highest BCUT2D eigenvalue weighted by atomic mass is 16.7. The van der Waals surface area contributed by atoms with Crippen molar-refractivity contribution in [3.63, 3.8) is 0 Å². The number of hydrogen-bond acceptors (Lipinski definition) is 11. The highest BCUT2D eigenvalue weighted by Gasteiger charge is 2.37. The minimum Gasteiger partial charge on any atom is -0.445 e. The molecule has 42 heavy (non-hydrogen) atoms. The van der Waals surface area contributed by atoms with Crippen LogP contribution in [0.3, 0.4) is 0 Å². The van der Waals surface area contributed by atoms with Crippen molar-refractivity contribution in [3.05, 3.63) is 79.9 Å². The lowest BCUT2D eigenvalue weighted by molar-refractivity contribution is -0.385. The number of amides is 2. The molecule has 2 heterocycles. The molecule has 2 aromatic rings. The highest BCUT2D eigenvalue weighted by molar-refractivity contribution is 5.81. The summed E-state index contributed by atoms with van der Waals surface area (Å²) in [6, 6.07) is 11.1. The van der Waals surface area contributed by atoms with Gasteiger partial charge in [0, 0.05) is 69.5 Å². The van der Waals surface area contributed by atoms with Gasteiger partial charge in [-0.25, -0.2) is 9.59 Å². The van der Waals surface area contributed by atoms with Crippen molar-refractivity contribution in [2.45, 2.75) is 32.1 Å². The van der Waals surface area contributed by atoms with Gasteiger partial charge in [0.1, 0.15) is 13.2 Å². The summed E-state index contributed by atoms with van der Waals surface area (Å²) in [5, 5.41) is 24.8. The van der Waals surface area contributed by atoms with Crippen molar-refractivity contribution >= 4 is 29.5 Å². The van der Waals surface area contributed by atoms with Gasteiger partial charge in [-0.15, -0.1) is 0 Å². The second kappa shape index (κ2) is 14.2. The van der Waals surface area contributed by atoms with Crippen LogP contribution in [0.4, 0.5) is 21.0 Å². The third kappa shape index (κ3) is 8.13. The Hall–Kier alpha value is -4.79. The first-order valence-corrected chi connectivity index (χ1v) is 13.4. The fraction of sp³-hybridized carbons (Fsp3) is 0.444. The van der Waals surface area contributed by atoms with Crippen LogP contribution >= 0.6 is 0 Å². The summed E-state index contributed by atoms with van der Waals surface area (Å²) in [4.78, 5) is 61.7. The minimum absolute atomic E-state index is 0.0288. The first kappa shape index (κ1) is 30.2. The van der Waals surface area contributed by atoms with E-state index in [1.807, 2.05) is 0 Å². The quantitative estimate of drug-likeness (QED) is 0.246. The summed E-state index contributed by atoms with van der Waals surface area (Å²) in [7, 11) is 0. The van der Waals surface area contributed by atoms with E-state index in [1.54, 1.807) is 4.90 Å². The zero-order chi connectivity index (χ0) is 30.1. The molecular formula is C27H31N5O10. The predicted molar refractivity (Wildman–Crippen MR) is 145 cm³/mol. The Bertz CT molecular complexity index is 1290. The molecule has 0 radical (unpaired) electrons. The maximum absolute atomic E-state index is 13.4. The number of carbonyl (C=O) groups excluding carboxylic acids is 3. The molecule has 0 saturated carbocycles. The number of nitro benzene ring substituents is 2. The Morgan fingerprint density at radius 3 is 2.05 bits per heavy atom. The van der Waals surface area contributed by atoms with Crippen LogP contribution in [0, 0.1) is 26.1 Å². The van der Waals surface area contributed by atoms with Crippen LogP contribution in [0.2, 0.25) is 0 Å². The number of benzene rings is 2. The Labute approximate surface area is 240 Å². The lowest BCUT2D eigenvalue weighted by atomic mass is 10.0. The molecular weight excluding hydrogens is 554 g/mol. The number of rotatable bonds is 10. The molecule has 2 atom stereocenters. The monoisotopic (exact) mass is 585 g/mol. The summed E-state index contributed by atoms with van der Waals surface area (Å²) < 4.78 is 15.6. The number of nitrogens with one attached hydrogen (secondary N) is 1. The van der Waals surface area contributed by atoms with Crippen LogP contribution < -0.4 is 5.32 Å². The van der Waals surface area contributed by atoms with E-state index in [-0.39, 0.29) is 55.6 Å². The van der Waals surface area contributed by atoms with Crippen LogP contribution in [-0.4, -0.2) is 83.2 Å². The number of hydrogen-bond donors (Lipinski definition) is 1. The number of nitrogens with zero attached hydrogens (tertiary/aromatic N) is 4. The van der Waals surface area contributed by atoms with Crippen molar-refractivity contribution in [2.75, 3.05) is 39.3 Å². The van der Waals surface area contributed by atoms with E-state index in [0.29, 0.717) is 50.1 Å². The summed E-state index contributed by atoms with van der Waals surface area (Å²) in [5.41, 5.74) is 1.07. The molecule has 2 amide bonds. The van der Waals surface area contributed by atoms with Crippen LogP contribution in [-0.2, 0) is 32.2 Å². The van der Waals surface area contributed by atoms with Crippen molar-refractivity contribution < 1.29 is 38.4 Å². The minimum atomic E-state index is -0.881. The molecule has 2 aliphatic rings. The molecule has 0 aliphatic carbocycles. The fourth-order valence-corrected chi connectivity index (χ4v) is 4.80. The van der Waals surface area contributed by atoms with E-state index in [9.17, 15) is 34.6 Å². The Balaban J connectivity index is 1.19. The zero-order valence-electron chi connectivity index (χ0n) is 22.7. The topological polar surface area (TPSA) is 184 Å². The summed E-state index contributed by atoms with van der Waals surface area (Å²) in [6.45, 7) is 2.12. The van der Waals surface area contributed by atoms with E-state index in [4.69, 9.17) is 14.2 Å². The average molecular weight is 586 g/mol. The molecule has 2 fully saturated rings. The van der Waals surface area contributed by atoms with Gasteiger partial charge >= 0.3 is 12.2 Å². The molecule has 15 heteroatoms. The van der Waals surface area contributed by atoms with E-state index in [2.05, 4.69) is 5.32 Å². The van der Waals surface area contributed by atoms with Gasteiger partial charge in [-0.1, -0.05) is 0 Å². The SMILES string of the molecule is O=C(OCCC1CNCCN1C(=O)C1CCN(C(=O)OCc2ccc([N+](=O)[O-])cc2)C1)OCc1ccc([N+](=O)[O-])cc1. The smallest absolute Gasteiger partial charge is 0.445 e. The summed E-state index contributed by atoms with van der Waals surface area (Å²) >= 11 is 0. The molecule has 4 rings (SSSR count). The third-order valence-electron chi connectivity index (χ3n) is 7.11. The Kier molecular flexibility index (Phi) is 10.2. The Morgan fingerprint density at radius 1 is 0.857 bits per heavy atom. The number of carbonyl (C=O) groups is 3. The fourth-order valence-electron chi connectivity index (χ4n) is 4.80. The predicted octanol–water partition coefficient (Wildman–Crippen LogP) is 3.01. The molecule has 2 aromatic carbocycles. The van der Waals surface area contributed by atoms with Crippen molar-refractivity contribution in [3.8, 4) is 0 Å². The largest absolute Gasteiger partial charge is 0.508 e. The van der Waals surface area contributed by atoms with Gasteiger partial charge in [0.15, 0.2) is 0 Å². The highest BCUT2D eigenvalue weighted by Crippen LogP contribution is 2.23. The standard InChI is InChI=1S/C27H31N5O10/c33-25(21-9-12-29(16-21)26(34)41-17-19-1-5-22(6-2-19)31(36)37)30-13-11-28-15-24(30)10-14-40-27(35)42-18-20-3-7-23(8-4-20)32(38)39/h1-8,21,24,28H,9-18H2. The van der Waals surface area contributed by atoms with Gasteiger partial charge in [0.25, 0.3) is 11.4 Å². The van der Waals surface area contributed by atoms with E-state index in [0.717, 1.165) is 0 Å². The van der Waals surface area contributed by atoms with Crippen LogP contribution in [0.15, 0.2) is 48.5 Å². The molecule has 0 bridgehead atoms. The summed E-state index contributed by atoms with van der Waals surface area (Å²) in [6.07, 6.45) is -0.554. The van der Waals surface area contributed by atoms with E-state index >= 15 is 0 Å². The molecule has 2 saturated heterocycles. The lowest BCUT2D eigenvalue weighted by Gasteiger charge is -2.37. The first-order chi connectivity index (χ1) is 20.2. The third-order valence-corrected chi connectivity index (χ3v) is 7.11. The molecule has 224 valence electrons. The van der Waals surface area contributed by atoms with Gasteiger partial charge < -0.3 is 29.3 Å². The van der Waals surface area contributed by atoms with E-state index in [1.165, 1.54) is 53.4 Å². The van der Waals surface area contributed by atoms with Gasteiger partial charge in [-0.05, 0) is 41.8 Å². The van der Waals surface area contributed by atoms with E-state index < -0.39 is 22.1 Å². The molecule has 2 aliphatic heterocycles. The molecule has 0 spiro atoms. The second-order valence-electron chi connectivity index (χ2n) is 9.90. The van der Waals surface area contributed by atoms with Gasteiger partial charge in [0.2, 0.25) is 5.91 Å². The maximum atomic E-state index is 13.4. The maximum Gasteiger partial charge on any atom is 0.508 e. The van der Waals surface area contributed by atoms with Gasteiger partial charge in [-0.2, -0.15) is 0 Å². The lowest BCUT2D eigenvalue weighted by Crippen LogP contribution is -2.55. The summed E-state index contributed by atoms with van der Waals surface area (Å²) in [5.74, 6) is -0.460. The van der Waals surface area contributed by atoms with Gasteiger partial charge in [-0.3, -0.25) is 25.0 Å². The first-order valence-electron chi connectivity index (χ1n) is 13.4. The van der Waals surface area contributed by atoms with Crippen LogP contribution in [0.5, 0.6) is 0 Å². The molecule has 0 aromatic heterocycles. The number of non-ortho nitro benzene ring substituents is 2. The second-order valence-corrected chi connectivity index (χ2v) is 9.90.